The lowest BCUT2D eigenvalue weighted by Gasteiger charge is -2.12. The van der Waals surface area contributed by atoms with E-state index in [2.05, 4.69) is 16.2 Å². The van der Waals surface area contributed by atoms with Gasteiger partial charge in [0.25, 0.3) is 5.91 Å². The Balaban J connectivity index is 1.69. The molecule has 0 atom stereocenters. The number of amides is 2. The first-order valence-electron chi connectivity index (χ1n) is 7.44. The molecule has 2 rings (SSSR count). The molecule has 0 aliphatic carbocycles. The van der Waals surface area contributed by atoms with E-state index in [9.17, 15) is 9.59 Å². The molecule has 0 saturated heterocycles. The first-order chi connectivity index (χ1) is 12.4. The van der Waals surface area contributed by atoms with Gasteiger partial charge in [-0.3, -0.25) is 20.4 Å². The molecule has 9 heteroatoms. The number of hydrazine groups is 1. The Hall–Kier alpha value is -2.35. The molecule has 0 aliphatic rings. The van der Waals surface area contributed by atoms with Crippen LogP contribution in [0.1, 0.15) is 5.56 Å². The minimum Gasteiger partial charge on any atom is -0.482 e. The van der Waals surface area contributed by atoms with Crippen molar-refractivity contribution in [3.05, 3.63) is 64.1 Å². The second kappa shape index (κ2) is 9.96. The van der Waals surface area contributed by atoms with Gasteiger partial charge < -0.3 is 10.1 Å². The predicted molar refractivity (Wildman–Crippen MR) is 104 cm³/mol. The third kappa shape index (κ3) is 6.87. The topological polar surface area (TPSA) is 79.5 Å². The van der Waals surface area contributed by atoms with Crippen LogP contribution in [0, 0.1) is 0 Å². The number of carbonyl (C=O) groups is 2. The third-order valence-electron chi connectivity index (χ3n) is 3.03. The maximum absolute atomic E-state index is 11.8. The Kier molecular flexibility index (Phi) is 7.65. The highest BCUT2D eigenvalue weighted by molar-refractivity contribution is 7.80. The van der Waals surface area contributed by atoms with Gasteiger partial charge in [-0.1, -0.05) is 53.5 Å². The number of ether oxygens (including phenoxy) is 1. The highest BCUT2D eigenvalue weighted by atomic mass is 35.5. The molecule has 0 bridgehead atoms. The normalized spacial score (nSPS) is 9.92. The van der Waals surface area contributed by atoms with Gasteiger partial charge in [0, 0.05) is 5.02 Å². The second-order valence-corrected chi connectivity index (χ2v) is 6.33. The van der Waals surface area contributed by atoms with Gasteiger partial charge in [-0.25, -0.2) is 0 Å². The fourth-order valence-corrected chi connectivity index (χ4v) is 2.51. The minimum absolute atomic E-state index is 0.0243. The number of thiocarbonyl (C=S) groups is 1. The largest absolute Gasteiger partial charge is 0.482 e. The molecule has 6 nitrogen and oxygen atoms in total. The zero-order valence-corrected chi connectivity index (χ0v) is 15.8. The molecule has 0 saturated carbocycles. The SMILES string of the molecule is O=C(COc1ccc(Cl)cc1Cl)NNC(=S)NC(=O)Cc1ccccc1. The molecule has 0 radical (unpaired) electrons. The summed E-state index contributed by atoms with van der Waals surface area (Å²) in [6.07, 6.45) is 0.175. The van der Waals surface area contributed by atoms with Crippen LogP contribution in [0.25, 0.3) is 0 Å². The molecule has 3 N–H and O–H groups in total. The molecule has 26 heavy (non-hydrogen) atoms. The Morgan fingerprint density at radius 2 is 1.73 bits per heavy atom. The van der Waals surface area contributed by atoms with Crippen molar-refractivity contribution in [3.63, 3.8) is 0 Å². The molecule has 0 spiro atoms. The highest BCUT2D eigenvalue weighted by Crippen LogP contribution is 2.27. The van der Waals surface area contributed by atoms with Crippen molar-refractivity contribution < 1.29 is 14.3 Å². The number of nitrogens with one attached hydrogen (secondary N) is 3. The van der Waals surface area contributed by atoms with Crippen molar-refractivity contribution in [2.45, 2.75) is 6.42 Å². The summed E-state index contributed by atoms with van der Waals surface area (Å²) in [6.45, 7) is -0.297. The zero-order valence-electron chi connectivity index (χ0n) is 13.4. The van der Waals surface area contributed by atoms with Crippen LogP contribution in [0.5, 0.6) is 5.75 Å². The van der Waals surface area contributed by atoms with Crippen molar-refractivity contribution in [2.24, 2.45) is 0 Å². The van der Waals surface area contributed by atoms with E-state index in [0.29, 0.717) is 15.8 Å². The van der Waals surface area contributed by atoms with Crippen molar-refractivity contribution >= 4 is 52.3 Å². The molecule has 136 valence electrons. The Bertz CT molecular complexity index is 803. The molecule has 0 unspecified atom stereocenters. The van der Waals surface area contributed by atoms with Crippen LogP contribution in [0.15, 0.2) is 48.5 Å². The van der Waals surface area contributed by atoms with Gasteiger partial charge in [-0.15, -0.1) is 0 Å². The monoisotopic (exact) mass is 411 g/mol. The fraction of sp³-hybridized carbons (Fsp3) is 0.118. The summed E-state index contributed by atoms with van der Waals surface area (Å²) in [4.78, 5) is 23.6. The van der Waals surface area contributed by atoms with Gasteiger partial charge in [0.05, 0.1) is 11.4 Å². The van der Waals surface area contributed by atoms with Gasteiger partial charge in [0.1, 0.15) is 5.75 Å². The second-order valence-electron chi connectivity index (χ2n) is 5.08. The summed E-state index contributed by atoms with van der Waals surface area (Å²) in [5, 5.41) is 3.20. The first kappa shape index (κ1) is 20.0. The molecule has 0 heterocycles. The number of hydrogen-bond donors (Lipinski definition) is 3. The van der Waals surface area contributed by atoms with Crippen molar-refractivity contribution in [1.29, 1.82) is 0 Å². The maximum Gasteiger partial charge on any atom is 0.276 e. The van der Waals surface area contributed by atoms with Crippen LogP contribution >= 0.6 is 35.4 Å². The van der Waals surface area contributed by atoms with E-state index in [0.717, 1.165) is 5.56 Å². The Labute approximate surface area is 165 Å². The summed E-state index contributed by atoms with van der Waals surface area (Å²) in [7, 11) is 0. The van der Waals surface area contributed by atoms with Crippen LogP contribution < -0.4 is 20.9 Å². The van der Waals surface area contributed by atoms with E-state index in [4.69, 9.17) is 40.2 Å². The summed E-state index contributed by atoms with van der Waals surface area (Å²) < 4.78 is 5.27. The van der Waals surface area contributed by atoms with Crippen LogP contribution in [-0.4, -0.2) is 23.5 Å². The Morgan fingerprint density at radius 3 is 2.42 bits per heavy atom. The van der Waals surface area contributed by atoms with Crippen molar-refractivity contribution in [2.75, 3.05) is 6.61 Å². The van der Waals surface area contributed by atoms with Crippen LogP contribution in [0.2, 0.25) is 10.0 Å². The van der Waals surface area contributed by atoms with E-state index in [1.54, 1.807) is 12.1 Å². The number of hydrogen-bond acceptors (Lipinski definition) is 4. The summed E-state index contributed by atoms with van der Waals surface area (Å²) >= 11 is 16.7. The van der Waals surface area contributed by atoms with Crippen LogP contribution in [0.4, 0.5) is 0 Å². The quantitative estimate of drug-likeness (QED) is 0.520. The van der Waals surface area contributed by atoms with Crippen molar-refractivity contribution in [1.82, 2.24) is 16.2 Å². The lowest BCUT2D eigenvalue weighted by Crippen LogP contribution is -2.49. The fourth-order valence-electron chi connectivity index (χ4n) is 1.88. The third-order valence-corrected chi connectivity index (χ3v) is 3.76. The highest BCUT2D eigenvalue weighted by Gasteiger charge is 2.09. The van der Waals surface area contributed by atoms with Gasteiger partial charge in [0.15, 0.2) is 11.7 Å². The van der Waals surface area contributed by atoms with Crippen molar-refractivity contribution in [3.8, 4) is 5.75 Å². The molecule has 0 fully saturated rings. The summed E-state index contributed by atoms with van der Waals surface area (Å²) in [5.41, 5.74) is 5.59. The lowest BCUT2D eigenvalue weighted by molar-refractivity contribution is -0.124. The average molecular weight is 412 g/mol. The van der Waals surface area contributed by atoms with E-state index < -0.39 is 5.91 Å². The van der Waals surface area contributed by atoms with E-state index >= 15 is 0 Å². The van der Waals surface area contributed by atoms with Gasteiger partial charge in [-0.05, 0) is 36.0 Å². The average Bonchev–Trinajstić information content (AvgIpc) is 2.60. The van der Waals surface area contributed by atoms with E-state index in [1.807, 2.05) is 30.3 Å². The molecular formula is C17H15Cl2N3O3S. The van der Waals surface area contributed by atoms with Gasteiger partial charge >= 0.3 is 0 Å². The maximum atomic E-state index is 11.8. The van der Waals surface area contributed by atoms with Gasteiger partial charge in [0.2, 0.25) is 5.91 Å². The molecule has 0 aromatic heterocycles. The van der Waals surface area contributed by atoms with Crippen LogP contribution in [0.3, 0.4) is 0 Å². The van der Waals surface area contributed by atoms with Crippen LogP contribution in [-0.2, 0) is 16.0 Å². The number of rotatable bonds is 5. The smallest absolute Gasteiger partial charge is 0.276 e. The summed E-state index contributed by atoms with van der Waals surface area (Å²) in [5.74, 6) is -0.479. The van der Waals surface area contributed by atoms with E-state index in [-0.39, 0.29) is 24.0 Å². The van der Waals surface area contributed by atoms with E-state index in [1.165, 1.54) is 6.07 Å². The number of benzene rings is 2. The number of carbonyl (C=O) groups excluding carboxylic acids is 2. The first-order valence-corrected chi connectivity index (χ1v) is 8.61. The molecule has 2 aromatic rings. The molecule has 0 aliphatic heterocycles. The summed E-state index contributed by atoms with van der Waals surface area (Å²) in [6, 6.07) is 13.9. The molecular weight excluding hydrogens is 397 g/mol. The zero-order chi connectivity index (χ0) is 18.9. The Morgan fingerprint density at radius 1 is 1.00 bits per heavy atom. The number of halogens is 2. The standard InChI is InChI=1S/C17H15Cl2N3O3S/c18-12-6-7-14(13(19)9-12)25-10-16(24)21-22-17(26)20-15(23)8-11-4-2-1-3-5-11/h1-7,9H,8,10H2,(H,21,24)(H2,20,22,23,26). The van der Waals surface area contributed by atoms with Gasteiger partial charge in [-0.2, -0.15) is 0 Å². The predicted octanol–water partition coefficient (Wildman–Crippen LogP) is 2.64. The lowest BCUT2D eigenvalue weighted by atomic mass is 10.1. The minimum atomic E-state index is -0.504. The molecule has 2 amide bonds. The molecule has 2 aromatic carbocycles.